The van der Waals surface area contributed by atoms with Crippen molar-refractivity contribution in [1.82, 2.24) is 4.90 Å². The molecule has 2 rings (SSSR count). The Labute approximate surface area is 189 Å². The van der Waals surface area contributed by atoms with Gasteiger partial charge in [-0.05, 0) is 52.7 Å². The molecule has 0 bridgehead atoms. The summed E-state index contributed by atoms with van der Waals surface area (Å²) in [5, 5.41) is 0. The largest absolute Gasteiger partial charge is 0.454 e. The van der Waals surface area contributed by atoms with Crippen molar-refractivity contribution in [3.63, 3.8) is 0 Å². The van der Waals surface area contributed by atoms with Crippen molar-refractivity contribution in [2.24, 2.45) is 10.9 Å². The molecule has 2 aliphatic heterocycles. The first-order chi connectivity index (χ1) is 14.9. The molecule has 0 saturated carbocycles. The fraction of sp³-hybridized carbons (Fsp3) is 0.500. The number of cyclic esters (lactones) is 2. The van der Waals surface area contributed by atoms with E-state index >= 15 is 0 Å². The zero-order chi connectivity index (χ0) is 24.2. The van der Waals surface area contributed by atoms with Crippen LogP contribution in [0.3, 0.4) is 0 Å². The van der Waals surface area contributed by atoms with Crippen molar-refractivity contribution in [1.29, 1.82) is 0 Å². The van der Waals surface area contributed by atoms with Gasteiger partial charge in [-0.25, -0.2) is 9.59 Å². The van der Waals surface area contributed by atoms with Crippen LogP contribution in [0.2, 0.25) is 0 Å². The highest BCUT2D eigenvalue weighted by Crippen LogP contribution is 2.41. The van der Waals surface area contributed by atoms with Gasteiger partial charge in [-0.2, -0.15) is 4.99 Å². The summed E-state index contributed by atoms with van der Waals surface area (Å²) in [5.74, 6) is -3.32. The highest BCUT2D eigenvalue weighted by Gasteiger charge is 2.52. The van der Waals surface area contributed by atoms with Crippen LogP contribution in [0.4, 0.5) is 0 Å². The maximum absolute atomic E-state index is 12.6. The minimum Gasteiger partial charge on any atom is -0.454 e. The zero-order valence-corrected chi connectivity index (χ0v) is 19.9. The fourth-order valence-corrected chi connectivity index (χ4v) is 3.77. The number of methoxy groups -OCH3 is 1. The van der Waals surface area contributed by atoms with Gasteiger partial charge >= 0.3 is 11.9 Å². The molecule has 0 aromatic rings. The highest BCUT2D eigenvalue weighted by atomic mass is 16.7. The standard InChI is InChI=1S/C24H32N2O6/c1-14(2)18(21(27)25-13-26(6)7)10-9-17-11-19(31-23(17)29)20(15(3)4)24(30-8)12-16(5)22(28)32-24/h11-13,19-20H,3,9-10H2,1-2,4-8H3/t19-,20+,24+/m0/s1. The summed E-state index contributed by atoms with van der Waals surface area (Å²) in [6.07, 6.45) is 4.69. The van der Waals surface area contributed by atoms with Crippen LogP contribution in [0, 0.1) is 5.92 Å². The topological polar surface area (TPSA) is 94.5 Å². The van der Waals surface area contributed by atoms with Crippen LogP contribution in [-0.2, 0) is 28.6 Å². The zero-order valence-electron chi connectivity index (χ0n) is 19.9. The van der Waals surface area contributed by atoms with Crippen molar-refractivity contribution >= 4 is 24.2 Å². The molecule has 174 valence electrons. The lowest BCUT2D eigenvalue weighted by Gasteiger charge is -2.36. The molecule has 0 radical (unpaired) electrons. The van der Waals surface area contributed by atoms with Crippen LogP contribution < -0.4 is 0 Å². The molecule has 2 heterocycles. The Bertz CT molecular complexity index is 936. The Kier molecular flexibility index (Phi) is 7.96. The quantitative estimate of drug-likeness (QED) is 0.177. The molecule has 0 fully saturated rings. The van der Waals surface area contributed by atoms with E-state index in [1.54, 1.807) is 45.0 Å². The molecule has 0 spiro atoms. The lowest BCUT2D eigenvalue weighted by molar-refractivity contribution is -0.213. The van der Waals surface area contributed by atoms with Crippen LogP contribution in [0.25, 0.3) is 0 Å². The van der Waals surface area contributed by atoms with E-state index in [9.17, 15) is 14.4 Å². The molecule has 1 amide bonds. The molecule has 8 nitrogen and oxygen atoms in total. The second-order valence-electron chi connectivity index (χ2n) is 8.52. The predicted octanol–water partition coefficient (Wildman–Crippen LogP) is 3.11. The van der Waals surface area contributed by atoms with Crippen molar-refractivity contribution in [2.45, 2.75) is 52.4 Å². The van der Waals surface area contributed by atoms with E-state index in [0.29, 0.717) is 35.1 Å². The van der Waals surface area contributed by atoms with E-state index in [4.69, 9.17) is 14.2 Å². The van der Waals surface area contributed by atoms with E-state index in [1.807, 2.05) is 13.8 Å². The van der Waals surface area contributed by atoms with Crippen LogP contribution >= 0.6 is 0 Å². The lowest BCUT2D eigenvalue weighted by Crippen LogP contribution is -2.46. The van der Waals surface area contributed by atoms with Gasteiger partial charge in [-0.3, -0.25) is 4.79 Å². The van der Waals surface area contributed by atoms with Gasteiger partial charge in [-0.1, -0.05) is 17.7 Å². The minimum atomic E-state index is -1.40. The average molecular weight is 445 g/mol. The summed E-state index contributed by atoms with van der Waals surface area (Å²) in [7, 11) is 4.99. The summed E-state index contributed by atoms with van der Waals surface area (Å²) in [6.45, 7) is 11.1. The molecular weight excluding hydrogens is 412 g/mol. The van der Waals surface area contributed by atoms with Crippen LogP contribution in [-0.4, -0.2) is 62.2 Å². The number of amides is 1. The van der Waals surface area contributed by atoms with E-state index in [0.717, 1.165) is 5.57 Å². The van der Waals surface area contributed by atoms with Gasteiger partial charge in [0.05, 0.1) is 12.3 Å². The number of carbonyl (C=O) groups excluding carboxylic acids is 3. The number of ether oxygens (including phenoxy) is 3. The number of nitrogens with zero attached hydrogens (tertiary/aromatic N) is 2. The number of aliphatic imine (C=N–C) groups is 1. The smallest absolute Gasteiger partial charge is 0.336 e. The maximum atomic E-state index is 12.6. The van der Waals surface area contributed by atoms with E-state index < -0.39 is 29.7 Å². The second-order valence-corrected chi connectivity index (χ2v) is 8.52. The van der Waals surface area contributed by atoms with Gasteiger partial charge in [0, 0.05) is 37.9 Å². The third-order valence-electron chi connectivity index (χ3n) is 5.39. The highest BCUT2D eigenvalue weighted by molar-refractivity contribution is 5.99. The number of esters is 2. The molecule has 0 aliphatic carbocycles. The summed E-state index contributed by atoms with van der Waals surface area (Å²) < 4.78 is 16.7. The van der Waals surface area contributed by atoms with E-state index in [2.05, 4.69) is 11.6 Å². The molecule has 0 aromatic heterocycles. The SMILES string of the molecule is C=C(C)[C@H]([C@@H]1C=C(CCC(C(=O)N=CN(C)C)=C(C)C)C(=O)O1)[C@@]1(OC)C=C(C)C(=O)O1. The molecule has 2 aliphatic rings. The van der Waals surface area contributed by atoms with Crippen molar-refractivity contribution in [2.75, 3.05) is 21.2 Å². The first-order valence-corrected chi connectivity index (χ1v) is 10.4. The maximum Gasteiger partial charge on any atom is 0.336 e. The van der Waals surface area contributed by atoms with Gasteiger partial charge in [-0.15, -0.1) is 0 Å². The Morgan fingerprint density at radius 2 is 1.97 bits per heavy atom. The first-order valence-electron chi connectivity index (χ1n) is 10.4. The molecule has 0 unspecified atom stereocenters. The summed E-state index contributed by atoms with van der Waals surface area (Å²) in [5.41, 5.74) is 2.88. The van der Waals surface area contributed by atoms with Crippen molar-refractivity contribution < 1.29 is 28.6 Å². The summed E-state index contributed by atoms with van der Waals surface area (Å²) in [4.78, 5) is 42.7. The molecule has 32 heavy (non-hydrogen) atoms. The molecule has 0 saturated heterocycles. The summed E-state index contributed by atoms with van der Waals surface area (Å²) in [6, 6.07) is 0. The molecule has 0 N–H and O–H groups in total. The molecule has 8 heteroatoms. The van der Waals surface area contributed by atoms with E-state index in [-0.39, 0.29) is 5.91 Å². The van der Waals surface area contributed by atoms with Gasteiger partial charge in [0.15, 0.2) is 0 Å². The Morgan fingerprint density at radius 1 is 1.31 bits per heavy atom. The predicted molar refractivity (Wildman–Crippen MR) is 121 cm³/mol. The number of rotatable bonds is 9. The van der Waals surface area contributed by atoms with Crippen molar-refractivity contribution in [3.05, 3.63) is 46.6 Å². The fourth-order valence-electron chi connectivity index (χ4n) is 3.77. The normalized spacial score (nSPS) is 23.4. The van der Waals surface area contributed by atoms with Crippen LogP contribution in [0.15, 0.2) is 51.6 Å². The van der Waals surface area contributed by atoms with Gasteiger partial charge in [0.1, 0.15) is 6.10 Å². The number of carbonyl (C=O) groups is 3. The molecular formula is C24H32N2O6. The third-order valence-corrected chi connectivity index (χ3v) is 5.39. The number of allylic oxidation sites excluding steroid dienone is 1. The molecule has 0 aromatic carbocycles. The van der Waals surface area contributed by atoms with E-state index in [1.165, 1.54) is 13.4 Å². The number of hydrogen-bond acceptors (Lipinski definition) is 6. The van der Waals surface area contributed by atoms with Gasteiger partial charge < -0.3 is 19.1 Å². The van der Waals surface area contributed by atoms with Gasteiger partial charge in [0.25, 0.3) is 5.91 Å². The van der Waals surface area contributed by atoms with Crippen LogP contribution in [0.1, 0.15) is 40.5 Å². The Hall–Kier alpha value is -3.00. The Morgan fingerprint density at radius 3 is 2.44 bits per heavy atom. The molecule has 3 atom stereocenters. The monoisotopic (exact) mass is 444 g/mol. The van der Waals surface area contributed by atoms with Crippen LogP contribution in [0.5, 0.6) is 0 Å². The lowest BCUT2D eigenvalue weighted by atomic mass is 9.85. The third kappa shape index (κ3) is 5.43. The first kappa shape index (κ1) is 25.3. The Balaban J connectivity index is 2.25. The number of hydrogen-bond donors (Lipinski definition) is 0. The van der Waals surface area contributed by atoms with Gasteiger partial charge in [0.2, 0.25) is 5.79 Å². The average Bonchev–Trinajstić information content (AvgIpc) is 3.19. The minimum absolute atomic E-state index is 0.316. The van der Waals surface area contributed by atoms with Crippen molar-refractivity contribution in [3.8, 4) is 0 Å². The summed E-state index contributed by atoms with van der Waals surface area (Å²) >= 11 is 0. The second kappa shape index (κ2) is 10.1.